The van der Waals surface area contributed by atoms with Gasteiger partial charge in [-0.1, -0.05) is 58.9 Å². The third-order valence-corrected chi connectivity index (χ3v) is 8.15. The Morgan fingerprint density at radius 2 is 1.86 bits per heavy atom. The molecule has 0 saturated heterocycles. The van der Waals surface area contributed by atoms with Crippen molar-refractivity contribution in [3.8, 4) is 0 Å². The highest BCUT2D eigenvalue weighted by molar-refractivity contribution is 9.10. The van der Waals surface area contributed by atoms with Crippen LogP contribution in [0.2, 0.25) is 5.02 Å². The van der Waals surface area contributed by atoms with Gasteiger partial charge in [-0.3, -0.25) is 13.9 Å². The van der Waals surface area contributed by atoms with Gasteiger partial charge >= 0.3 is 0 Å². The van der Waals surface area contributed by atoms with Gasteiger partial charge in [-0.15, -0.1) is 0 Å². The van der Waals surface area contributed by atoms with Gasteiger partial charge in [0, 0.05) is 17.1 Å². The molecule has 196 valence electrons. The van der Waals surface area contributed by atoms with Crippen molar-refractivity contribution in [3.63, 3.8) is 0 Å². The Labute approximate surface area is 225 Å². The van der Waals surface area contributed by atoms with Crippen molar-refractivity contribution in [3.05, 3.63) is 63.3 Å². The van der Waals surface area contributed by atoms with Crippen molar-refractivity contribution in [2.24, 2.45) is 0 Å². The Morgan fingerprint density at radius 1 is 1.17 bits per heavy atom. The lowest BCUT2D eigenvalue weighted by Crippen LogP contribution is -2.52. The second-order valence-electron chi connectivity index (χ2n) is 9.04. The first-order valence-electron chi connectivity index (χ1n) is 11.7. The lowest BCUT2D eigenvalue weighted by Gasteiger charge is -2.33. The van der Waals surface area contributed by atoms with Gasteiger partial charge in [0.1, 0.15) is 18.4 Å². The van der Waals surface area contributed by atoms with E-state index in [2.05, 4.69) is 21.2 Å². The van der Waals surface area contributed by atoms with E-state index in [1.54, 1.807) is 6.92 Å². The molecule has 1 saturated carbocycles. The van der Waals surface area contributed by atoms with E-state index in [4.69, 9.17) is 11.6 Å². The van der Waals surface area contributed by atoms with Gasteiger partial charge in [-0.05, 0) is 55.7 Å². The van der Waals surface area contributed by atoms with E-state index in [0.29, 0.717) is 0 Å². The fourth-order valence-corrected chi connectivity index (χ4v) is 5.70. The normalized spacial score (nSPS) is 15.2. The van der Waals surface area contributed by atoms with Gasteiger partial charge in [0.05, 0.1) is 17.0 Å². The quantitative estimate of drug-likeness (QED) is 0.444. The third-order valence-electron chi connectivity index (χ3n) is 6.23. The van der Waals surface area contributed by atoms with Crippen LogP contribution in [-0.2, 0) is 26.2 Å². The number of rotatable bonds is 9. The highest BCUT2D eigenvalue weighted by Crippen LogP contribution is 2.25. The van der Waals surface area contributed by atoms with E-state index in [1.807, 2.05) is 24.3 Å². The smallest absolute Gasteiger partial charge is 0.244 e. The minimum Gasteiger partial charge on any atom is -0.352 e. The van der Waals surface area contributed by atoms with Crippen LogP contribution < -0.4 is 9.62 Å². The standard InChI is InChI=1S/C25H30BrClFN3O4S/c1-17(25(33)29-20-9-4-3-5-10-20)30(15-18-7-6-8-19(26)13-18)24(32)16-31(36(2,34)35)21-11-12-23(28)22(27)14-21/h6-8,11-14,17,20H,3-5,9-10,15-16H2,1-2H3,(H,29,33). The molecule has 1 fully saturated rings. The fourth-order valence-electron chi connectivity index (χ4n) is 4.24. The zero-order valence-corrected chi connectivity index (χ0v) is 23.4. The van der Waals surface area contributed by atoms with Crippen molar-refractivity contribution < 1.29 is 22.4 Å². The molecule has 1 atom stereocenters. The number of carbonyl (C=O) groups is 2. The van der Waals surface area contributed by atoms with E-state index in [1.165, 1.54) is 11.0 Å². The number of carbonyl (C=O) groups excluding carboxylic acids is 2. The molecule has 1 N–H and O–H groups in total. The number of hydrogen-bond donors (Lipinski definition) is 1. The summed E-state index contributed by atoms with van der Waals surface area (Å²) in [5, 5.41) is 2.78. The number of nitrogens with one attached hydrogen (secondary N) is 1. The second-order valence-corrected chi connectivity index (χ2v) is 12.3. The fraction of sp³-hybridized carbons (Fsp3) is 0.440. The maximum absolute atomic E-state index is 13.7. The predicted molar refractivity (Wildman–Crippen MR) is 143 cm³/mol. The van der Waals surface area contributed by atoms with Gasteiger partial charge in [0.25, 0.3) is 0 Å². The predicted octanol–water partition coefficient (Wildman–Crippen LogP) is 4.87. The van der Waals surface area contributed by atoms with E-state index in [-0.39, 0.29) is 29.2 Å². The van der Waals surface area contributed by atoms with Crippen molar-refractivity contribution in [2.45, 2.75) is 57.7 Å². The molecule has 0 radical (unpaired) electrons. The lowest BCUT2D eigenvalue weighted by atomic mass is 9.95. The molecule has 1 unspecified atom stereocenters. The summed E-state index contributed by atoms with van der Waals surface area (Å²) >= 11 is 9.28. The van der Waals surface area contributed by atoms with Crippen molar-refractivity contribution in [2.75, 3.05) is 17.1 Å². The second kappa shape index (κ2) is 12.4. The zero-order chi connectivity index (χ0) is 26.5. The van der Waals surface area contributed by atoms with Crippen LogP contribution in [0.3, 0.4) is 0 Å². The molecule has 2 amide bonds. The first-order valence-corrected chi connectivity index (χ1v) is 14.7. The van der Waals surface area contributed by atoms with Crippen molar-refractivity contribution in [1.82, 2.24) is 10.2 Å². The molecular weight excluding hydrogens is 573 g/mol. The summed E-state index contributed by atoms with van der Waals surface area (Å²) in [6.07, 6.45) is 5.98. The van der Waals surface area contributed by atoms with E-state index in [9.17, 15) is 22.4 Å². The van der Waals surface area contributed by atoms with E-state index < -0.39 is 34.3 Å². The number of anilines is 1. The molecule has 0 bridgehead atoms. The van der Waals surface area contributed by atoms with Crippen LogP contribution in [0, 0.1) is 5.82 Å². The Hall–Kier alpha value is -2.17. The van der Waals surface area contributed by atoms with Crippen LogP contribution in [0.15, 0.2) is 46.9 Å². The highest BCUT2D eigenvalue weighted by atomic mass is 79.9. The molecule has 2 aromatic carbocycles. The van der Waals surface area contributed by atoms with Crippen LogP contribution in [0.5, 0.6) is 0 Å². The van der Waals surface area contributed by atoms with Crippen LogP contribution in [-0.4, -0.2) is 50.0 Å². The van der Waals surface area contributed by atoms with Gasteiger partial charge < -0.3 is 10.2 Å². The topological polar surface area (TPSA) is 86.8 Å². The Bertz CT molecular complexity index is 1210. The minimum atomic E-state index is -3.93. The molecular formula is C25H30BrClFN3O4S. The average Bonchev–Trinajstić information content (AvgIpc) is 2.82. The first-order chi connectivity index (χ1) is 17.0. The van der Waals surface area contributed by atoms with Gasteiger partial charge in [0.2, 0.25) is 21.8 Å². The van der Waals surface area contributed by atoms with Gasteiger partial charge in [-0.25, -0.2) is 12.8 Å². The van der Waals surface area contributed by atoms with Crippen LogP contribution in [0.1, 0.15) is 44.6 Å². The maximum atomic E-state index is 13.7. The molecule has 7 nitrogen and oxygen atoms in total. The lowest BCUT2D eigenvalue weighted by molar-refractivity contribution is -0.139. The summed E-state index contributed by atoms with van der Waals surface area (Å²) < 4.78 is 40.5. The Morgan fingerprint density at radius 3 is 2.47 bits per heavy atom. The van der Waals surface area contributed by atoms with Crippen LogP contribution in [0.4, 0.5) is 10.1 Å². The molecule has 36 heavy (non-hydrogen) atoms. The summed E-state index contributed by atoms with van der Waals surface area (Å²) in [4.78, 5) is 28.1. The van der Waals surface area contributed by atoms with Gasteiger partial charge in [-0.2, -0.15) is 0 Å². The van der Waals surface area contributed by atoms with Crippen LogP contribution >= 0.6 is 27.5 Å². The highest BCUT2D eigenvalue weighted by Gasteiger charge is 2.31. The number of halogens is 3. The average molecular weight is 603 g/mol. The molecule has 0 heterocycles. The third kappa shape index (κ3) is 7.66. The number of amides is 2. The number of benzene rings is 2. The van der Waals surface area contributed by atoms with E-state index >= 15 is 0 Å². The summed E-state index contributed by atoms with van der Waals surface area (Å²) in [6, 6.07) is 9.97. The van der Waals surface area contributed by atoms with Gasteiger partial charge in [0.15, 0.2) is 0 Å². The zero-order valence-electron chi connectivity index (χ0n) is 20.2. The molecule has 11 heteroatoms. The number of sulfonamides is 1. The van der Waals surface area contributed by atoms with Crippen molar-refractivity contribution >= 4 is 55.1 Å². The van der Waals surface area contributed by atoms with Crippen LogP contribution in [0.25, 0.3) is 0 Å². The minimum absolute atomic E-state index is 0.0546. The Kier molecular flexibility index (Phi) is 9.77. The molecule has 0 aliphatic heterocycles. The SMILES string of the molecule is CC(C(=O)NC1CCCCC1)N(Cc1cccc(Br)c1)C(=O)CN(c1ccc(F)c(Cl)c1)S(C)(=O)=O. The number of nitrogens with zero attached hydrogens (tertiary/aromatic N) is 2. The summed E-state index contributed by atoms with van der Waals surface area (Å²) in [5.74, 6) is -1.57. The largest absolute Gasteiger partial charge is 0.352 e. The van der Waals surface area contributed by atoms with Crippen molar-refractivity contribution in [1.29, 1.82) is 0 Å². The first kappa shape index (κ1) is 28.4. The summed E-state index contributed by atoms with van der Waals surface area (Å²) in [6.45, 7) is 1.16. The Balaban J connectivity index is 1.88. The molecule has 0 aromatic heterocycles. The monoisotopic (exact) mass is 601 g/mol. The molecule has 1 aliphatic carbocycles. The molecule has 3 rings (SSSR count). The molecule has 1 aliphatic rings. The molecule has 0 spiro atoms. The maximum Gasteiger partial charge on any atom is 0.244 e. The summed E-state index contributed by atoms with van der Waals surface area (Å²) in [7, 11) is -3.93. The summed E-state index contributed by atoms with van der Waals surface area (Å²) in [5.41, 5.74) is 0.824. The van der Waals surface area contributed by atoms with E-state index in [0.717, 1.165) is 64.8 Å². The number of hydrogen-bond acceptors (Lipinski definition) is 4. The molecule has 2 aromatic rings.